The molecule has 0 saturated heterocycles. The van der Waals surface area contributed by atoms with Crippen molar-refractivity contribution in [3.05, 3.63) is 65.7 Å². The van der Waals surface area contributed by atoms with Crippen LogP contribution in [-0.4, -0.2) is 13.0 Å². The average Bonchev–Trinajstić information content (AvgIpc) is 2.55. The van der Waals surface area contributed by atoms with Gasteiger partial charge in [0, 0.05) is 25.3 Å². The molecule has 3 N–H and O–H groups in total. The number of nitrogens with two attached hydrogens (primary N) is 1. The Morgan fingerprint density at radius 3 is 2.43 bits per heavy atom. The van der Waals surface area contributed by atoms with E-state index in [1.54, 1.807) is 7.11 Å². The maximum atomic E-state index is 12.1. The van der Waals surface area contributed by atoms with Crippen molar-refractivity contribution in [3.8, 4) is 0 Å². The highest BCUT2D eigenvalue weighted by molar-refractivity contribution is 5.91. The molecule has 0 radical (unpaired) electrons. The Balaban J connectivity index is 0.00000264. The molecule has 0 aliphatic carbocycles. The second kappa shape index (κ2) is 9.30. The molecular weight excluding hydrogens is 312 g/mol. The third kappa shape index (κ3) is 5.67. The highest BCUT2D eigenvalue weighted by atomic mass is 35.5. The number of rotatable bonds is 6. The van der Waals surface area contributed by atoms with Crippen molar-refractivity contribution in [1.82, 2.24) is 0 Å². The fourth-order valence-electron chi connectivity index (χ4n) is 2.24. The third-order valence-corrected chi connectivity index (χ3v) is 3.63. The number of nitrogens with one attached hydrogen (secondary N) is 1. The van der Waals surface area contributed by atoms with E-state index in [9.17, 15) is 4.79 Å². The Labute approximate surface area is 143 Å². The molecule has 2 aromatic rings. The fraction of sp³-hybridized carbons (Fsp3) is 0.278. The Morgan fingerprint density at radius 2 is 1.78 bits per heavy atom. The van der Waals surface area contributed by atoms with Crippen molar-refractivity contribution in [2.45, 2.75) is 25.5 Å². The van der Waals surface area contributed by atoms with Crippen LogP contribution in [0.4, 0.5) is 5.69 Å². The van der Waals surface area contributed by atoms with Crippen LogP contribution in [0, 0.1) is 0 Å². The van der Waals surface area contributed by atoms with Crippen LogP contribution in [0.25, 0.3) is 0 Å². The number of carbonyl (C=O) groups excluding carboxylic acids is 1. The summed E-state index contributed by atoms with van der Waals surface area (Å²) >= 11 is 0. The summed E-state index contributed by atoms with van der Waals surface area (Å²) in [4.78, 5) is 12.1. The monoisotopic (exact) mass is 334 g/mol. The van der Waals surface area contributed by atoms with Gasteiger partial charge < -0.3 is 15.8 Å². The number of hydrogen-bond acceptors (Lipinski definition) is 3. The van der Waals surface area contributed by atoms with Gasteiger partial charge in [-0.15, -0.1) is 12.4 Å². The number of anilines is 1. The zero-order valence-corrected chi connectivity index (χ0v) is 14.2. The summed E-state index contributed by atoms with van der Waals surface area (Å²) in [5.41, 5.74) is 8.80. The summed E-state index contributed by atoms with van der Waals surface area (Å²) in [5, 5.41) is 2.89. The van der Waals surface area contributed by atoms with E-state index in [-0.39, 0.29) is 36.9 Å². The second-order valence-corrected chi connectivity index (χ2v) is 5.27. The van der Waals surface area contributed by atoms with E-state index < -0.39 is 0 Å². The van der Waals surface area contributed by atoms with Gasteiger partial charge in [-0.2, -0.15) is 0 Å². The van der Waals surface area contributed by atoms with Crippen molar-refractivity contribution >= 4 is 24.0 Å². The predicted molar refractivity (Wildman–Crippen MR) is 95.7 cm³/mol. The van der Waals surface area contributed by atoms with Crippen molar-refractivity contribution in [2.75, 3.05) is 12.4 Å². The molecule has 0 saturated carbocycles. The summed E-state index contributed by atoms with van der Waals surface area (Å²) in [6, 6.07) is 17.0. The molecule has 1 amide bonds. The summed E-state index contributed by atoms with van der Waals surface area (Å²) in [7, 11) is 1.66. The number of halogens is 1. The van der Waals surface area contributed by atoms with E-state index in [0.29, 0.717) is 0 Å². The van der Waals surface area contributed by atoms with Crippen molar-refractivity contribution in [1.29, 1.82) is 0 Å². The SMILES string of the molecule is COC(C)c1cccc(NC(=O)CC(N)c2ccccc2)c1.Cl. The first-order chi connectivity index (χ1) is 10.6. The molecule has 124 valence electrons. The van der Waals surface area contributed by atoms with Gasteiger partial charge in [-0.1, -0.05) is 42.5 Å². The molecule has 0 spiro atoms. The predicted octanol–water partition coefficient (Wildman–Crippen LogP) is 3.84. The smallest absolute Gasteiger partial charge is 0.226 e. The largest absolute Gasteiger partial charge is 0.377 e. The first kappa shape index (κ1) is 19.2. The van der Waals surface area contributed by atoms with E-state index in [0.717, 1.165) is 16.8 Å². The molecule has 23 heavy (non-hydrogen) atoms. The number of carbonyl (C=O) groups is 1. The maximum Gasteiger partial charge on any atom is 0.226 e. The number of benzene rings is 2. The maximum absolute atomic E-state index is 12.1. The molecule has 0 bridgehead atoms. The van der Waals surface area contributed by atoms with Gasteiger partial charge in [-0.05, 0) is 30.2 Å². The molecule has 0 aromatic heterocycles. The molecule has 2 aromatic carbocycles. The van der Waals surface area contributed by atoms with E-state index in [1.807, 2.05) is 61.5 Å². The fourth-order valence-corrected chi connectivity index (χ4v) is 2.24. The Bertz CT molecular complexity index is 619. The van der Waals surface area contributed by atoms with Crippen LogP contribution in [0.3, 0.4) is 0 Å². The van der Waals surface area contributed by atoms with Gasteiger partial charge in [0.2, 0.25) is 5.91 Å². The molecule has 0 aliphatic heterocycles. The molecule has 2 rings (SSSR count). The lowest BCUT2D eigenvalue weighted by Crippen LogP contribution is -2.20. The van der Waals surface area contributed by atoms with Gasteiger partial charge in [0.1, 0.15) is 0 Å². The van der Waals surface area contributed by atoms with Crippen LogP contribution in [-0.2, 0) is 9.53 Å². The first-order valence-electron chi connectivity index (χ1n) is 7.33. The molecule has 0 heterocycles. The molecular formula is C18H23ClN2O2. The van der Waals surface area contributed by atoms with E-state index in [1.165, 1.54) is 0 Å². The summed E-state index contributed by atoms with van der Waals surface area (Å²) in [6.07, 6.45) is 0.233. The summed E-state index contributed by atoms with van der Waals surface area (Å²) in [5.74, 6) is -0.0985. The summed E-state index contributed by atoms with van der Waals surface area (Å²) in [6.45, 7) is 1.96. The number of amides is 1. The minimum Gasteiger partial charge on any atom is -0.377 e. The van der Waals surface area contributed by atoms with E-state index in [2.05, 4.69) is 5.32 Å². The lowest BCUT2D eigenvalue weighted by molar-refractivity contribution is -0.116. The highest BCUT2D eigenvalue weighted by Gasteiger charge is 2.12. The van der Waals surface area contributed by atoms with E-state index in [4.69, 9.17) is 10.5 Å². The van der Waals surface area contributed by atoms with Crippen LogP contribution < -0.4 is 11.1 Å². The van der Waals surface area contributed by atoms with Crippen LogP contribution >= 0.6 is 12.4 Å². The lowest BCUT2D eigenvalue weighted by atomic mass is 10.0. The molecule has 0 aliphatic rings. The van der Waals surface area contributed by atoms with Gasteiger partial charge in [0.05, 0.1) is 6.10 Å². The normalized spacial score (nSPS) is 12.8. The number of ether oxygens (including phenoxy) is 1. The van der Waals surface area contributed by atoms with Gasteiger partial charge in [0.25, 0.3) is 0 Å². The van der Waals surface area contributed by atoms with Gasteiger partial charge in [-0.3, -0.25) is 4.79 Å². The van der Waals surface area contributed by atoms with Crippen LogP contribution in [0.1, 0.15) is 36.6 Å². The van der Waals surface area contributed by atoms with Gasteiger partial charge >= 0.3 is 0 Å². The Morgan fingerprint density at radius 1 is 1.13 bits per heavy atom. The Kier molecular flexibility index (Phi) is 7.75. The Hall–Kier alpha value is -1.88. The van der Waals surface area contributed by atoms with Crippen LogP contribution in [0.2, 0.25) is 0 Å². The molecule has 5 heteroatoms. The minimum absolute atomic E-state index is 0. The van der Waals surface area contributed by atoms with Crippen LogP contribution in [0.5, 0.6) is 0 Å². The van der Waals surface area contributed by atoms with Crippen molar-refractivity contribution < 1.29 is 9.53 Å². The highest BCUT2D eigenvalue weighted by Crippen LogP contribution is 2.20. The van der Waals surface area contributed by atoms with Crippen molar-refractivity contribution in [3.63, 3.8) is 0 Å². The number of methoxy groups -OCH3 is 1. The topological polar surface area (TPSA) is 64.3 Å². The molecule has 0 fully saturated rings. The standard InChI is InChI=1S/C18H22N2O2.ClH/c1-13(22-2)15-9-6-10-16(11-15)20-18(21)12-17(19)14-7-4-3-5-8-14;/h3-11,13,17H,12,19H2,1-2H3,(H,20,21);1H. The average molecular weight is 335 g/mol. The molecule has 2 atom stereocenters. The molecule has 2 unspecified atom stereocenters. The molecule has 4 nitrogen and oxygen atoms in total. The van der Waals surface area contributed by atoms with Crippen molar-refractivity contribution in [2.24, 2.45) is 5.73 Å². The third-order valence-electron chi connectivity index (χ3n) is 3.63. The van der Waals surface area contributed by atoms with E-state index >= 15 is 0 Å². The van der Waals surface area contributed by atoms with Gasteiger partial charge in [0.15, 0.2) is 0 Å². The second-order valence-electron chi connectivity index (χ2n) is 5.27. The van der Waals surface area contributed by atoms with Gasteiger partial charge in [-0.25, -0.2) is 0 Å². The first-order valence-corrected chi connectivity index (χ1v) is 7.33. The zero-order chi connectivity index (χ0) is 15.9. The quantitative estimate of drug-likeness (QED) is 0.843. The minimum atomic E-state index is -0.303. The summed E-state index contributed by atoms with van der Waals surface area (Å²) < 4.78 is 5.29. The zero-order valence-electron chi connectivity index (χ0n) is 13.4. The van der Waals surface area contributed by atoms with Crippen LogP contribution in [0.15, 0.2) is 54.6 Å². The lowest BCUT2D eigenvalue weighted by Gasteiger charge is -2.14. The number of hydrogen-bond donors (Lipinski definition) is 2.